The maximum absolute atomic E-state index is 10.3. The Bertz CT molecular complexity index is 502. The molecule has 0 fully saturated rings. The van der Waals surface area contributed by atoms with Crippen LogP contribution in [-0.4, -0.2) is 44.3 Å². The fourth-order valence-corrected chi connectivity index (χ4v) is 4.64. The van der Waals surface area contributed by atoms with Crippen molar-refractivity contribution < 1.29 is 39.6 Å². The van der Waals surface area contributed by atoms with Crippen LogP contribution in [0.2, 0.25) is 0 Å². The number of carboxylic acid groups (broad SMARTS) is 4. The SMILES string of the molecule is O=C(O)CCCCCCCCCCCCCCC(=O)O.O=C(O)CCCCCCCCCCCCCCC(=O)O. The van der Waals surface area contributed by atoms with Gasteiger partial charge in [-0.2, -0.15) is 0 Å². The molecule has 0 unspecified atom stereocenters. The second-order valence-corrected chi connectivity index (χ2v) is 11.1. The van der Waals surface area contributed by atoms with E-state index in [0.29, 0.717) is 25.7 Å². The lowest BCUT2D eigenvalue weighted by molar-refractivity contribution is -0.138. The van der Waals surface area contributed by atoms with Crippen LogP contribution in [0.3, 0.4) is 0 Å². The van der Waals surface area contributed by atoms with Crippen molar-refractivity contribution in [2.24, 2.45) is 0 Å². The highest BCUT2D eigenvalue weighted by Crippen LogP contribution is 2.14. The first-order valence-electron chi connectivity index (χ1n) is 16.1. The zero-order chi connectivity index (χ0) is 30.1. The lowest BCUT2D eigenvalue weighted by atomic mass is 10.0. The standard InChI is InChI=1S/2C16H30O4/c2*17-15(18)13-11-9-7-5-3-1-2-4-6-8-10-12-14-16(19)20/h2*1-14H2,(H,17,18)(H,19,20). The minimum atomic E-state index is -0.687. The van der Waals surface area contributed by atoms with E-state index in [4.69, 9.17) is 20.4 Å². The number of unbranched alkanes of at least 4 members (excludes halogenated alkanes) is 22. The minimum Gasteiger partial charge on any atom is -0.481 e. The molecule has 0 spiro atoms. The average Bonchev–Trinajstić information content (AvgIpc) is 2.88. The Morgan fingerprint density at radius 2 is 0.325 bits per heavy atom. The van der Waals surface area contributed by atoms with E-state index in [-0.39, 0.29) is 0 Å². The van der Waals surface area contributed by atoms with Crippen LogP contribution >= 0.6 is 0 Å². The zero-order valence-corrected chi connectivity index (χ0v) is 25.2. The highest BCUT2D eigenvalue weighted by Gasteiger charge is 2.00. The molecule has 0 saturated heterocycles. The summed E-state index contributed by atoms with van der Waals surface area (Å²) in [5, 5.41) is 34.0. The van der Waals surface area contributed by atoms with Gasteiger partial charge in [-0.05, 0) is 25.7 Å². The summed E-state index contributed by atoms with van der Waals surface area (Å²) in [6.45, 7) is 0. The van der Waals surface area contributed by atoms with Gasteiger partial charge in [0.1, 0.15) is 0 Å². The Morgan fingerprint density at radius 3 is 0.425 bits per heavy atom. The number of rotatable bonds is 30. The molecule has 0 aromatic carbocycles. The second kappa shape index (κ2) is 33.1. The quantitative estimate of drug-likeness (QED) is 0.0622. The molecular weight excluding hydrogens is 512 g/mol. The summed E-state index contributed by atoms with van der Waals surface area (Å²) >= 11 is 0. The Kier molecular flexibility index (Phi) is 33.1. The second-order valence-electron chi connectivity index (χ2n) is 11.1. The van der Waals surface area contributed by atoms with Crippen LogP contribution in [0.5, 0.6) is 0 Å². The summed E-state index contributed by atoms with van der Waals surface area (Å²) in [7, 11) is 0. The van der Waals surface area contributed by atoms with Crippen LogP contribution in [0, 0.1) is 0 Å². The first kappa shape index (κ1) is 40.0. The lowest BCUT2D eigenvalue weighted by Crippen LogP contribution is -1.93. The fraction of sp³-hybridized carbons (Fsp3) is 0.875. The molecule has 0 aromatic rings. The molecule has 40 heavy (non-hydrogen) atoms. The van der Waals surface area contributed by atoms with Gasteiger partial charge in [-0.25, -0.2) is 0 Å². The topological polar surface area (TPSA) is 149 Å². The summed E-state index contributed by atoms with van der Waals surface area (Å²) < 4.78 is 0. The van der Waals surface area contributed by atoms with Crippen LogP contribution in [0.25, 0.3) is 0 Å². The van der Waals surface area contributed by atoms with Gasteiger partial charge in [-0.15, -0.1) is 0 Å². The molecular formula is C32H60O8. The highest BCUT2D eigenvalue weighted by atomic mass is 16.4. The number of aliphatic carboxylic acids is 4. The molecule has 0 aromatic heterocycles. The van der Waals surface area contributed by atoms with Crippen LogP contribution in [0.15, 0.2) is 0 Å². The molecule has 0 saturated carbocycles. The summed E-state index contributed by atoms with van der Waals surface area (Å²) in [6.07, 6.45) is 28.2. The van der Waals surface area contributed by atoms with Crippen LogP contribution < -0.4 is 0 Å². The van der Waals surface area contributed by atoms with Gasteiger partial charge < -0.3 is 20.4 Å². The Balaban J connectivity index is 0. The summed E-state index contributed by atoms with van der Waals surface area (Å²) in [5.41, 5.74) is 0. The van der Waals surface area contributed by atoms with E-state index in [1.807, 2.05) is 0 Å². The Labute approximate surface area is 243 Å². The van der Waals surface area contributed by atoms with E-state index in [9.17, 15) is 19.2 Å². The Hall–Kier alpha value is -2.12. The predicted octanol–water partition coefficient (Wildman–Crippen LogP) is 9.23. The van der Waals surface area contributed by atoms with Crippen molar-refractivity contribution in [2.45, 2.75) is 180 Å². The van der Waals surface area contributed by atoms with Gasteiger partial charge in [0.15, 0.2) is 0 Å². The number of hydrogen-bond acceptors (Lipinski definition) is 4. The van der Waals surface area contributed by atoms with Crippen LogP contribution in [-0.2, 0) is 19.2 Å². The fourth-order valence-electron chi connectivity index (χ4n) is 4.64. The first-order valence-corrected chi connectivity index (χ1v) is 16.1. The van der Waals surface area contributed by atoms with Gasteiger partial charge in [-0.1, -0.05) is 128 Å². The zero-order valence-electron chi connectivity index (χ0n) is 25.2. The van der Waals surface area contributed by atoms with Crippen molar-refractivity contribution in [2.75, 3.05) is 0 Å². The van der Waals surface area contributed by atoms with Crippen molar-refractivity contribution in [1.29, 1.82) is 0 Å². The van der Waals surface area contributed by atoms with E-state index in [0.717, 1.165) is 77.0 Å². The Morgan fingerprint density at radius 1 is 0.225 bits per heavy atom. The number of carbonyl (C=O) groups is 4. The van der Waals surface area contributed by atoms with Crippen LogP contribution in [0.4, 0.5) is 0 Å². The predicted molar refractivity (Wildman–Crippen MR) is 160 cm³/mol. The van der Waals surface area contributed by atoms with Gasteiger partial charge in [-0.3, -0.25) is 19.2 Å². The van der Waals surface area contributed by atoms with Gasteiger partial charge in [0, 0.05) is 25.7 Å². The van der Waals surface area contributed by atoms with E-state index in [1.165, 1.54) is 77.0 Å². The molecule has 0 radical (unpaired) electrons. The molecule has 0 aliphatic carbocycles. The molecule has 0 bridgehead atoms. The molecule has 0 atom stereocenters. The molecule has 4 N–H and O–H groups in total. The third-order valence-corrected chi connectivity index (χ3v) is 7.06. The van der Waals surface area contributed by atoms with E-state index in [2.05, 4.69) is 0 Å². The largest absolute Gasteiger partial charge is 0.481 e. The third-order valence-electron chi connectivity index (χ3n) is 7.06. The van der Waals surface area contributed by atoms with Gasteiger partial charge in [0.25, 0.3) is 0 Å². The summed E-state index contributed by atoms with van der Waals surface area (Å²) in [5.74, 6) is -2.75. The minimum absolute atomic E-state index is 0.307. The first-order chi connectivity index (χ1) is 19.3. The average molecular weight is 573 g/mol. The van der Waals surface area contributed by atoms with Gasteiger partial charge >= 0.3 is 23.9 Å². The number of carboxylic acids is 4. The van der Waals surface area contributed by atoms with Crippen molar-refractivity contribution in [1.82, 2.24) is 0 Å². The molecule has 8 nitrogen and oxygen atoms in total. The van der Waals surface area contributed by atoms with Crippen LogP contribution in [0.1, 0.15) is 180 Å². The van der Waals surface area contributed by atoms with Crippen molar-refractivity contribution in [3.05, 3.63) is 0 Å². The molecule has 0 amide bonds. The van der Waals surface area contributed by atoms with Crippen molar-refractivity contribution in [3.63, 3.8) is 0 Å². The third kappa shape index (κ3) is 43.0. The lowest BCUT2D eigenvalue weighted by Gasteiger charge is -2.02. The number of hydrogen-bond donors (Lipinski definition) is 4. The smallest absolute Gasteiger partial charge is 0.303 e. The summed E-state index contributed by atoms with van der Waals surface area (Å²) in [6, 6.07) is 0. The van der Waals surface area contributed by atoms with E-state index < -0.39 is 23.9 Å². The van der Waals surface area contributed by atoms with Gasteiger partial charge in [0.05, 0.1) is 0 Å². The maximum atomic E-state index is 10.3. The van der Waals surface area contributed by atoms with Crippen molar-refractivity contribution >= 4 is 23.9 Å². The monoisotopic (exact) mass is 572 g/mol. The van der Waals surface area contributed by atoms with Gasteiger partial charge in [0.2, 0.25) is 0 Å². The van der Waals surface area contributed by atoms with E-state index in [1.54, 1.807) is 0 Å². The molecule has 8 heteroatoms. The van der Waals surface area contributed by atoms with E-state index >= 15 is 0 Å². The summed E-state index contributed by atoms with van der Waals surface area (Å²) in [4.78, 5) is 41.2. The van der Waals surface area contributed by atoms with Crippen molar-refractivity contribution in [3.8, 4) is 0 Å². The molecule has 0 rings (SSSR count). The molecule has 0 aliphatic rings. The highest BCUT2D eigenvalue weighted by molar-refractivity contribution is 5.67. The molecule has 0 aliphatic heterocycles. The molecule has 0 heterocycles. The maximum Gasteiger partial charge on any atom is 0.303 e. The molecule has 236 valence electrons. The normalized spacial score (nSPS) is 10.6.